The summed E-state index contributed by atoms with van der Waals surface area (Å²) in [5.74, 6) is 1.04. The molecule has 23 heavy (non-hydrogen) atoms. The van der Waals surface area contributed by atoms with Gasteiger partial charge in [0, 0.05) is 13.1 Å². The van der Waals surface area contributed by atoms with Crippen LogP contribution in [0, 0.1) is 0 Å². The number of hydrogen-bond donors (Lipinski definition) is 1. The Morgan fingerprint density at radius 3 is 2.35 bits per heavy atom. The maximum Gasteiger partial charge on any atom is 0.233 e. The van der Waals surface area contributed by atoms with Crippen molar-refractivity contribution in [2.45, 2.75) is 26.8 Å². The van der Waals surface area contributed by atoms with Gasteiger partial charge in [-0.1, -0.05) is 37.3 Å². The fourth-order valence-electron chi connectivity index (χ4n) is 2.19. The van der Waals surface area contributed by atoms with Gasteiger partial charge in [-0.3, -0.25) is 4.72 Å². The van der Waals surface area contributed by atoms with E-state index in [4.69, 9.17) is 0 Å². The molecule has 6 nitrogen and oxygen atoms in total. The van der Waals surface area contributed by atoms with E-state index in [-0.39, 0.29) is 11.6 Å². The summed E-state index contributed by atoms with van der Waals surface area (Å²) >= 11 is 0. The monoisotopic (exact) mass is 334 g/mol. The van der Waals surface area contributed by atoms with Gasteiger partial charge >= 0.3 is 0 Å². The maximum atomic E-state index is 11.7. The molecule has 0 spiro atoms. The van der Waals surface area contributed by atoms with Crippen molar-refractivity contribution >= 4 is 21.7 Å². The third-order valence-corrected chi connectivity index (χ3v) is 4.77. The standard InChI is InChI=1S/C16H22N4O2S/c1-3-12-23(21,22)19-15-10-11-16(18-17-15)20(4-2)13-14-8-6-5-7-9-14/h5-11H,3-4,12-13H2,1-2H3,(H,17,19). The number of sulfonamides is 1. The maximum absolute atomic E-state index is 11.7. The molecule has 0 bridgehead atoms. The van der Waals surface area contributed by atoms with E-state index in [1.807, 2.05) is 32.0 Å². The van der Waals surface area contributed by atoms with Crippen molar-refractivity contribution in [1.82, 2.24) is 10.2 Å². The lowest BCUT2D eigenvalue weighted by Gasteiger charge is -2.21. The van der Waals surface area contributed by atoms with Crippen LogP contribution in [0.15, 0.2) is 42.5 Å². The quantitative estimate of drug-likeness (QED) is 0.803. The van der Waals surface area contributed by atoms with Crippen molar-refractivity contribution in [3.63, 3.8) is 0 Å². The summed E-state index contributed by atoms with van der Waals surface area (Å²) < 4.78 is 25.9. The Labute approximate surface area is 137 Å². The Balaban J connectivity index is 2.08. The van der Waals surface area contributed by atoms with E-state index in [1.165, 1.54) is 5.56 Å². The van der Waals surface area contributed by atoms with Crippen LogP contribution in [0.25, 0.3) is 0 Å². The van der Waals surface area contributed by atoms with Crippen molar-refractivity contribution in [1.29, 1.82) is 0 Å². The number of nitrogens with one attached hydrogen (secondary N) is 1. The van der Waals surface area contributed by atoms with Crippen molar-refractivity contribution in [3.8, 4) is 0 Å². The molecule has 7 heteroatoms. The third kappa shape index (κ3) is 5.21. The van der Waals surface area contributed by atoms with Crippen LogP contribution < -0.4 is 9.62 Å². The second kappa shape index (κ2) is 7.92. The average Bonchev–Trinajstić information content (AvgIpc) is 2.54. The third-order valence-electron chi connectivity index (χ3n) is 3.31. The number of aromatic nitrogens is 2. The molecule has 0 aliphatic carbocycles. The zero-order chi connectivity index (χ0) is 16.7. The van der Waals surface area contributed by atoms with Crippen molar-refractivity contribution in [2.75, 3.05) is 21.9 Å². The first-order valence-corrected chi connectivity index (χ1v) is 9.32. The van der Waals surface area contributed by atoms with Crippen LogP contribution in [0.4, 0.5) is 11.6 Å². The molecule has 2 rings (SSSR count). The van der Waals surface area contributed by atoms with Gasteiger partial charge in [0.15, 0.2) is 11.6 Å². The van der Waals surface area contributed by atoms with E-state index >= 15 is 0 Å². The lowest BCUT2D eigenvalue weighted by atomic mass is 10.2. The fourth-order valence-corrected chi connectivity index (χ4v) is 3.25. The Kier molecular flexibility index (Phi) is 5.92. The molecule has 0 aliphatic rings. The number of hydrogen-bond acceptors (Lipinski definition) is 5. The molecule has 0 saturated carbocycles. The van der Waals surface area contributed by atoms with Gasteiger partial charge in [0.2, 0.25) is 10.0 Å². The molecule has 0 saturated heterocycles. The van der Waals surface area contributed by atoms with Crippen molar-refractivity contribution in [3.05, 3.63) is 48.0 Å². The van der Waals surface area contributed by atoms with Crippen molar-refractivity contribution in [2.24, 2.45) is 0 Å². The number of nitrogens with zero attached hydrogens (tertiary/aromatic N) is 3. The molecule has 0 fully saturated rings. The van der Waals surface area contributed by atoms with E-state index in [0.717, 1.165) is 18.9 Å². The molecule has 0 atom stereocenters. The van der Waals surface area contributed by atoms with Crippen LogP contribution in [0.3, 0.4) is 0 Å². The average molecular weight is 334 g/mol. The molecule has 1 aromatic heterocycles. The van der Waals surface area contributed by atoms with Gasteiger partial charge in [-0.05, 0) is 31.0 Å². The lowest BCUT2D eigenvalue weighted by Crippen LogP contribution is -2.24. The summed E-state index contributed by atoms with van der Waals surface area (Å²) in [5.41, 5.74) is 1.18. The highest BCUT2D eigenvalue weighted by molar-refractivity contribution is 7.92. The van der Waals surface area contributed by atoms with E-state index in [1.54, 1.807) is 12.1 Å². The highest BCUT2D eigenvalue weighted by Gasteiger charge is 2.12. The molecule has 1 aromatic carbocycles. The van der Waals surface area contributed by atoms with E-state index < -0.39 is 10.0 Å². The summed E-state index contributed by atoms with van der Waals surface area (Å²) in [7, 11) is -3.34. The predicted octanol–water partition coefficient (Wildman–Crippen LogP) is 2.65. The van der Waals surface area contributed by atoms with Gasteiger partial charge in [0.25, 0.3) is 0 Å². The van der Waals surface area contributed by atoms with Crippen molar-refractivity contribution < 1.29 is 8.42 Å². The van der Waals surface area contributed by atoms with E-state index in [0.29, 0.717) is 6.42 Å². The molecule has 0 amide bonds. The lowest BCUT2D eigenvalue weighted by molar-refractivity contribution is 0.599. The van der Waals surface area contributed by atoms with Gasteiger partial charge < -0.3 is 4.90 Å². The molecular weight excluding hydrogens is 312 g/mol. The Morgan fingerprint density at radius 2 is 1.78 bits per heavy atom. The minimum atomic E-state index is -3.34. The van der Waals surface area contributed by atoms with E-state index in [9.17, 15) is 8.42 Å². The summed E-state index contributed by atoms with van der Waals surface area (Å²) in [6.07, 6.45) is 0.557. The van der Waals surface area contributed by atoms with Crippen LogP contribution in [0.5, 0.6) is 0 Å². The second-order valence-electron chi connectivity index (χ2n) is 5.20. The summed E-state index contributed by atoms with van der Waals surface area (Å²) in [4.78, 5) is 2.08. The van der Waals surface area contributed by atoms with Gasteiger partial charge in [0.05, 0.1) is 5.75 Å². The van der Waals surface area contributed by atoms with Crippen LogP contribution in [-0.4, -0.2) is 30.9 Å². The smallest absolute Gasteiger partial charge is 0.233 e. The summed E-state index contributed by atoms with van der Waals surface area (Å²) in [6.45, 7) is 5.37. The highest BCUT2D eigenvalue weighted by Crippen LogP contribution is 2.15. The van der Waals surface area contributed by atoms with Gasteiger partial charge in [-0.15, -0.1) is 10.2 Å². The van der Waals surface area contributed by atoms with Crippen LogP contribution in [0.1, 0.15) is 25.8 Å². The van der Waals surface area contributed by atoms with Gasteiger partial charge in [-0.2, -0.15) is 0 Å². The molecule has 0 unspecified atom stereocenters. The Morgan fingerprint density at radius 1 is 1.04 bits per heavy atom. The minimum absolute atomic E-state index is 0.0749. The normalized spacial score (nSPS) is 11.2. The number of benzene rings is 1. The first kappa shape index (κ1) is 17.2. The molecule has 0 aliphatic heterocycles. The second-order valence-corrected chi connectivity index (χ2v) is 7.04. The Hall–Kier alpha value is -2.15. The molecule has 0 radical (unpaired) electrons. The van der Waals surface area contributed by atoms with Crippen LogP contribution in [-0.2, 0) is 16.6 Å². The molecular formula is C16H22N4O2S. The summed E-state index contributed by atoms with van der Waals surface area (Å²) in [6, 6.07) is 13.5. The van der Waals surface area contributed by atoms with Crippen LogP contribution in [0.2, 0.25) is 0 Å². The number of rotatable bonds is 8. The van der Waals surface area contributed by atoms with Gasteiger partial charge in [-0.25, -0.2) is 8.42 Å². The highest BCUT2D eigenvalue weighted by atomic mass is 32.2. The van der Waals surface area contributed by atoms with Crippen LogP contribution >= 0.6 is 0 Å². The zero-order valence-corrected chi connectivity index (χ0v) is 14.3. The molecule has 124 valence electrons. The predicted molar refractivity (Wildman–Crippen MR) is 92.9 cm³/mol. The minimum Gasteiger partial charge on any atom is -0.351 e. The molecule has 2 aromatic rings. The topological polar surface area (TPSA) is 75.2 Å². The fraction of sp³-hybridized carbons (Fsp3) is 0.375. The summed E-state index contributed by atoms with van der Waals surface area (Å²) in [5, 5.41) is 8.11. The number of anilines is 2. The largest absolute Gasteiger partial charge is 0.351 e. The van der Waals surface area contributed by atoms with Gasteiger partial charge in [0.1, 0.15) is 0 Å². The first-order valence-electron chi connectivity index (χ1n) is 7.67. The molecule has 1 heterocycles. The SMILES string of the molecule is CCCS(=O)(=O)Nc1ccc(N(CC)Cc2ccccc2)nn1. The van der Waals surface area contributed by atoms with E-state index in [2.05, 4.69) is 32.0 Å². The Bertz CT molecular complexity index is 703. The first-order chi connectivity index (χ1) is 11.0. The molecule has 1 N–H and O–H groups in total. The zero-order valence-electron chi connectivity index (χ0n) is 13.4.